The number of nitrogens with one attached hydrogen (secondary N) is 3. The van der Waals surface area contributed by atoms with E-state index < -0.39 is 22.8 Å². The summed E-state index contributed by atoms with van der Waals surface area (Å²) in [6, 6.07) is 11.7. The Bertz CT molecular complexity index is 1000. The number of hydrogen-bond donors (Lipinski definition) is 3. The van der Waals surface area contributed by atoms with Crippen molar-refractivity contribution in [1.82, 2.24) is 10.9 Å². The second-order valence-corrected chi connectivity index (χ2v) is 7.86. The smallest absolute Gasteiger partial charge is 0.279 e. The van der Waals surface area contributed by atoms with Gasteiger partial charge in [0.05, 0.1) is 4.92 Å². The molecule has 10 heteroatoms. The minimum Gasteiger partial charge on any atom is -0.481 e. The van der Waals surface area contributed by atoms with Gasteiger partial charge in [-0.3, -0.25) is 35.3 Å². The van der Waals surface area contributed by atoms with Gasteiger partial charge in [0, 0.05) is 29.3 Å². The Balaban J connectivity index is 1.45. The molecule has 2 aromatic carbocycles. The van der Waals surface area contributed by atoms with E-state index in [1.807, 2.05) is 0 Å². The number of non-ortho nitro benzene ring substituents is 1. The van der Waals surface area contributed by atoms with Crippen LogP contribution in [0.4, 0.5) is 11.4 Å². The molecule has 0 aromatic heterocycles. The molecule has 1 aliphatic rings. The number of hydrazine groups is 1. The van der Waals surface area contributed by atoms with E-state index >= 15 is 0 Å². The van der Waals surface area contributed by atoms with Crippen LogP contribution in [-0.2, 0) is 9.59 Å². The van der Waals surface area contributed by atoms with Crippen molar-refractivity contribution in [3.05, 3.63) is 64.2 Å². The number of ether oxygens (including phenoxy) is 1. The molecule has 3 N–H and O–H groups in total. The highest BCUT2D eigenvalue weighted by Crippen LogP contribution is 2.25. The highest BCUT2D eigenvalue weighted by Gasteiger charge is 2.21. The number of anilines is 1. The molecule has 1 aliphatic carbocycles. The van der Waals surface area contributed by atoms with E-state index in [0.717, 1.165) is 25.7 Å². The molecular weight excluding hydrogens is 428 g/mol. The summed E-state index contributed by atoms with van der Waals surface area (Å²) in [4.78, 5) is 46.9. The van der Waals surface area contributed by atoms with Gasteiger partial charge in [-0.1, -0.05) is 19.3 Å². The first kappa shape index (κ1) is 23.7. The molecule has 0 spiro atoms. The van der Waals surface area contributed by atoms with E-state index in [9.17, 15) is 24.5 Å². The number of benzene rings is 2. The number of carbonyl (C=O) groups excluding carboxylic acids is 3. The zero-order chi connectivity index (χ0) is 23.8. The highest BCUT2D eigenvalue weighted by atomic mass is 16.6. The summed E-state index contributed by atoms with van der Waals surface area (Å²) >= 11 is 0. The van der Waals surface area contributed by atoms with Crippen LogP contribution in [-0.4, -0.2) is 28.7 Å². The molecule has 0 bridgehead atoms. The number of rotatable bonds is 7. The summed E-state index contributed by atoms with van der Waals surface area (Å²) in [5.74, 6) is -0.817. The molecular formula is C23H26N4O6. The van der Waals surface area contributed by atoms with Gasteiger partial charge < -0.3 is 10.1 Å². The van der Waals surface area contributed by atoms with Crippen molar-refractivity contribution in [1.29, 1.82) is 0 Å². The normalized spacial score (nSPS) is 14.6. The minimum absolute atomic E-state index is 0.00109. The van der Waals surface area contributed by atoms with E-state index in [4.69, 9.17) is 4.74 Å². The Hall–Kier alpha value is -3.95. The Morgan fingerprint density at radius 1 is 0.970 bits per heavy atom. The average molecular weight is 454 g/mol. The third-order valence-corrected chi connectivity index (χ3v) is 5.42. The molecule has 1 saturated carbocycles. The van der Waals surface area contributed by atoms with Crippen molar-refractivity contribution >= 4 is 29.1 Å². The summed E-state index contributed by atoms with van der Waals surface area (Å²) in [6.45, 7) is 1.48. The van der Waals surface area contributed by atoms with Crippen molar-refractivity contribution in [3.8, 4) is 5.75 Å². The largest absolute Gasteiger partial charge is 0.481 e. The van der Waals surface area contributed by atoms with Gasteiger partial charge in [-0.25, -0.2) is 0 Å². The molecule has 0 saturated heterocycles. The van der Waals surface area contributed by atoms with Crippen molar-refractivity contribution < 1.29 is 24.0 Å². The molecule has 1 unspecified atom stereocenters. The molecule has 33 heavy (non-hydrogen) atoms. The van der Waals surface area contributed by atoms with Crippen LogP contribution in [0.15, 0.2) is 48.5 Å². The summed E-state index contributed by atoms with van der Waals surface area (Å²) < 4.78 is 5.43. The average Bonchev–Trinajstić information content (AvgIpc) is 2.83. The van der Waals surface area contributed by atoms with Gasteiger partial charge in [-0.15, -0.1) is 0 Å². The maximum Gasteiger partial charge on any atom is 0.279 e. The number of carbonyl (C=O) groups is 3. The molecule has 0 radical (unpaired) electrons. The molecule has 0 heterocycles. The van der Waals surface area contributed by atoms with E-state index in [-0.39, 0.29) is 23.3 Å². The Morgan fingerprint density at radius 3 is 2.21 bits per heavy atom. The van der Waals surface area contributed by atoms with E-state index in [1.54, 1.807) is 24.3 Å². The predicted octanol–water partition coefficient (Wildman–Crippen LogP) is 3.34. The number of nitro benzene ring substituents is 1. The minimum atomic E-state index is -0.955. The molecule has 0 aliphatic heterocycles. The SMILES string of the molecule is CC(Oc1ccc([N+](=O)[O-])cc1)C(=O)NNC(=O)c1ccc(NC(=O)C2CCCCC2)cc1. The molecule has 174 valence electrons. The van der Waals surface area contributed by atoms with Gasteiger partial charge in [-0.05, 0) is 56.2 Å². The Labute approximate surface area is 190 Å². The fraction of sp³-hybridized carbons (Fsp3) is 0.348. The fourth-order valence-corrected chi connectivity index (χ4v) is 3.51. The lowest BCUT2D eigenvalue weighted by Crippen LogP contribution is -2.47. The number of hydrogen-bond acceptors (Lipinski definition) is 6. The molecule has 10 nitrogen and oxygen atoms in total. The quantitative estimate of drug-likeness (QED) is 0.433. The Kier molecular flexibility index (Phi) is 7.96. The summed E-state index contributed by atoms with van der Waals surface area (Å²) in [5, 5.41) is 13.6. The topological polar surface area (TPSA) is 140 Å². The van der Waals surface area contributed by atoms with E-state index in [1.165, 1.54) is 37.6 Å². The molecule has 1 atom stereocenters. The van der Waals surface area contributed by atoms with Crippen LogP contribution in [0, 0.1) is 16.0 Å². The van der Waals surface area contributed by atoms with Crippen molar-refractivity contribution in [2.45, 2.75) is 45.1 Å². The van der Waals surface area contributed by atoms with Crippen LogP contribution in [0.3, 0.4) is 0 Å². The molecule has 3 amide bonds. The lowest BCUT2D eigenvalue weighted by molar-refractivity contribution is -0.384. The van der Waals surface area contributed by atoms with Gasteiger partial charge in [0.25, 0.3) is 17.5 Å². The van der Waals surface area contributed by atoms with Crippen molar-refractivity contribution in [3.63, 3.8) is 0 Å². The van der Waals surface area contributed by atoms with Crippen molar-refractivity contribution in [2.75, 3.05) is 5.32 Å². The van der Waals surface area contributed by atoms with Gasteiger partial charge in [0.1, 0.15) is 5.75 Å². The van der Waals surface area contributed by atoms with E-state index in [2.05, 4.69) is 16.2 Å². The van der Waals surface area contributed by atoms with Crippen molar-refractivity contribution in [2.24, 2.45) is 5.92 Å². The number of nitrogens with zero attached hydrogens (tertiary/aromatic N) is 1. The molecule has 1 fully saturated rings. The van der Waals surface area contributed by atoms with E-state index in [0.29, 0.717) is 11.3 Å². The number of amides is 3. The van der Waals surface area contributed by atoms with Gasteiger partial charge in [-0.2, -0.15) is 0 Å². The third kappa shape index (κ3) is 6.76. The zero-order valence-corrected chi connectivity index (χ0v) is 18.2. The first-order chi connectivity index (χ1) is 15.8. The summed E-state index contributed by atoms with van der Waals surface area (Å²) in [5.41, 5.74) is 5.40. The standard InChI is InChI=1S/C23H26N4O6/c1-15(33-20-13-11-19(12-14-20)27(31)32)21(28)25-26-23(30)17-7-9-18(10-8-17)24-22(29)16-5-3-2-4-6-16/h7-16H,2-6H2,1H3,(H,24,29)(H,25,28)(H,26,30). The lowest BCUT2D eigenvalue weighted by Gasteiger charge is -2.20. The monoisotopic (exact) mass is 454 g/mol. The maximum atomic E-state index is 12.3. The van der Waals surface area contributed by atoms with Crippen LogP contribution < -0.4 is 20.9 Å². The zero-order valence-electron chi connectivity index (χ0n) is 18.2. The van der Waals surface area contributed by atoms with Crippen LogP contribution in [0.2, 0.25) is 0 Å². The lowest BCUT2D eigenvalue weighted by atomic mass is 9.88. The predicted molar refractivity (Wildman–Crippen MR) is 120 cm³/mol. The summed E-state index contributed by atoms with van der Waals surface area (Å²) in [6.07, 6.45) is 4.16. The summed E-state index contributed by atoms with van der Waals surface area (Å²) in [7, 11) is 0. The first-order valence-electron chi connectivity index (χ1n) is 10.8. The molecule has 2 aromatic rings. The van der Waals surface area contributed by atoms with Crippen LogP contribution in [0.25, 0.3) is 0 Å². The first-order valence-corrected chi connectivity index (χ1v) is 10.8. The van der Waals surface area contributed by atoms with Gasteiger partial charge >= 0.3 is 0 Å². The van der Waals surface area contributed by atoms with Gasteiger partial charge in [0.15, 0.2) is 6.10 Å². The maximum absolute atomic E-state index is 12.3. The van der Waals surface area contributed by atoms with Crippen LogP contribution in [0.1, 0.15) is 49.4 Å². The highest BCUT2D eigenvalue weighted by molar-refractivity contribution is 5.97. The van der Waals surface area contributed by atoms with Crippen LogP contribution in [0.5, 0.6) is 5.75 Å². The second kappa shape index (κ2) is 11.1. The molecule has 3 rings (SSSR count). The second-order valence-electron chi connectivity index (χ2n) is 7.86. The third-order valence-electron chi connectivity index (χ3n) is 5.42. The fourth-order valence-electron chi connectivity index (χ4n) is 3.51. The Morgan fingerprint density at radius 2 is 1.61 bits per heavy atom. The van der Waals surface area contributed by atoms with Crippen LogP contribution >= 0.6 is 0 Å². The number of nitro groups is 1. The van der Waals surface area contributed by atoms with Gasteiger partial charge in [0.2, 0.25) is 5.91 Å².